The zero-order chi connectivity index (χ0) is 16.7. The molecule has 0 bridgehead atoms. The van der Waals surface area contributed by atoms with Crippen LogP contribution in [0.2, 0.25) is 0 Å². The van der Waals surface area contributed by atoms with E-state index in [0.717, 1.165) is 36.8 Å². The van der Waals surface area contributed by atoms with Gasteiger partial charge >= 0.3 is 5.97 Å². The Morgan fingerprint density at radius 3 is 2.29 bits per heavy atom. The summed E-state index contributed by atoms with van der Waals surface area (Å²) < 4.78 is 0. The Labute approximate surface area is 138 Å². The van der Waals surface area contributed by atoms with E-state index in [1.807, 2.05) is 0 Å². The maximum Gasteiger partial charge on any atom is 0.382 e. The first kappa shape index (κ1) is 14.6. The summed E-state index contributed by atoms with van der Waals surface area (Å²) in [6.45, 7) is 0. The second-order valence-corrected chi connectivity index (χ2v) is 5.87. The summed E-state index contributed by atoms with van der Waals surface area (Å²) in [6, 6.07) is 8.05. The summed E-state index contributed by atoms with van der Waals surface area (Å²) in [4.78, 5) is 45.9. The van der Waals surface area contributed by atoms with E-state index >= 15 is 0 Å². The van der Waals surface area contributed by atoms with Gasteiger partial charge in [0.15, 0.2) is 5.69 Å². The molecule has 0 fully saturated rings. The van der Waals surface area contributed by atoms with Crippen LogP contribution >= 0.6 is 0 Å². The molecule has 1 aliphatic carbocycles. The lowest BCUT2D eigenvalue weighted by Gasteiger charge is -2.16. The number of aryl methyl sites for hydroxylation is 2. The first-order valence-corrected chi connectivity index (χ1v) is 7.83. The molecule has 1 aliphatic heterocycles. The van der Waals surface area contributed by atoms with E-state index in [4.69, 9.17) is 4.84 Å². The molecule has 2 amide bonds. The average molecular weight is 322 g/mol. The smallest absolute Gasteiger partial charge is 0.323 e. The molecule has 0 radical (unpaired) electrons. The van der Waals surface area contributed by atoms with Crippen molar-refractivity contribution in [2.75, 3.05) is 0 Å². The number of carbonyl (C=O) groups excluding carboxylic acids is 3. The molecule has 0 unspecified atom stereocenters. The van der Waals surface area contributed by atoms with E-state index in [0.29, 0.717) is 5.06 Å². The lowest BCUT2D eigenvalue weighted by atomic mass is 9.93. The number of benzene rings is 1. The lowest BCUT2D eigenvalue weighted by Crippen LogP contribution is -2.33. The van der Waals surface area contributed by atoms with Crippen molar-refractivity contribution in [2.24, 2.45) is 0 Å². The number of imide groups is 1. The molecule has 2 aliphatic rings. The maximum atomic E-state index is 12.3. The van der Waals surface area contributed by atoms with Crippen molar-refractivity contribution in [3.05, 3.63) is 64.5 Å². The molecule has 1 aromatic carbocycles. The normalized spacial score (nSPS) is 15.9. The number of hydrogen-bond donors (Lipinski definition) is 0. The molecule has 0 saturated carbocycles. The first-order valence-electron chi connectivity index (χ1n) is 7.83. The van der Waals surface area contributed by atoms with Crippen molar-refractivity contribution in [3.8, 4) is 0 Å². The van der Waals surface area contributed by atoms with Gasteiger partial charge in [0.05, 0.1) is 11.1 Å². The highest BCUT2D eigenvalue weighted by Crippen LogP contribution is 2.24. The third-order valence-electron chi connectivity index (χ3n) is 4.37. The van der Waals surface area contributed by atoms with Crippen LogP contribution in [0.3, 0.4) is 0 Å². The second kappa shape index (κ2) is 5.56. The Kier molecular flexibility index (Phi) is 3.37. The fraction of sp³-hybridized carbons (Fsp3) is 0.222. The van der Waals surface area contributed by atoms with Crippen molar-refractivity contribution in [1.29, 1.82) is 0 Å². The van der Waals surface area contributed by atoms with Gasteiger partial charge in [0, 0.05) is 6.20 Å². The quantitative estimate of drug-likeness (QED) is 0.793. The molecule has 6 nitrogen and oxygen atoms in total. The van der Waals surface area contributed by atoms with Crippen molar-refractivity contribution in [1.82, 2.24) is 10.0 Å². The van der Waals surface area contributed by atoms with E-state index in [2.05, 4.69) is 4.98 Å². The van der Waals surface area contributed by atoms with Crippen LogP contribution in [-0.4, -0.2) is 27.8 Å². The predicted molar refractivity (Wildman–Crippen MR) is 83.2 cm³/mol. The Hall–Kier alpha value is -3.02. The van der Waals surface area contributed by atoms with E-state index in [1.54, 1.807) is 24.4 Å². The molecule has 6 heteroatoms. The molecule has 24 heavy (non-hydrogen) atoms. The number of nitrogens with zero attached hydrogens (tertiary/aromatic N) is 2. The molecule has 0 atom stereocenters. The van der Waals surface area contributed by atoms with Crippen molar-refractivity contribution < 1.29 is 19.2 Å². The van der Waals surface area contributed by atoms with E-state index in [-0.39, 0.29) is 16.8 Å². The van der Waals surface area contributed by atoms with Crippen LogP contribution in [0.25, 0.3) is 0 Å². The number of hydrogen-bond acceptors (Lipinski definition) is 5. The van der Waals surface area contributed by atoms with Crippen LogP contribution < -0.4 is 0 Å². The van der Waals surface area contributed by atoms with Crippen molar-refractivity contribution in [3.63, 3.8) is 0 Å². The molecule has 0 spiro atoms. The summed E-state index contributed by atoms with van der Waals surface area (Å²) >= 11 is 0. The summed E-state index contributed by atoms with van der Waals surface area (Å²) in [6.07, 6.45) is 5.71. The molecular weight excluding hydrogens is 308 g/mol. The molecule has 2 aromatic rings. The monoisotopic (exact) mass is 322 g/mol. The van der Waals surface area contributed by atoms with Gasteiger partial charge in [-0.15, -0.1) is 0 Å². The Bertz CT molecular complexity index is 840. The van der Waals surface area contributed by atoms with Gasteiger partial charge in [0.25, 0.3) is 11.8 Å². The Morgan fingerprint density at radius 1 is 1.00 bits per heavy atom. The third kappa shape index (κ3) is 2.27. The van der Waals surface area contributed by atoms with Crippen LogP contribution in [0, 0.1) is 0 Å². The zero-order valence-electron chi connectivity index (χ0n) is 12.8. The van der Waals surface area contributed by atoms with Gasteiger partial charge in [0.2, 0.25) is 0 Å². The molecule has 0 saturated heterocycles. The number of carbonyl (C=O) groups is 3. The minimum atomic E-state index is -0.808. The number of fused-ring (bicyclic) bond motifs is 2. The highest BCUT2D eigenvalue weighted by Gasteiger charge is 2.39. The molecule has 1 aromatic heterocycles. The first-order chi connectivity index (χ1) is 11.6. The fourth-order valence-corrected chi connectivity index (χ4v) is 3.11. The number of amides is 2. The summed E-state index contributed by atoms with van der Waals surface area (Å²) in [5.74, 6) is -2.08. The van der Waals surface area contributed by atoms with Gasteiger partial charge in [-0.3, -0.25) is 9.59 Å². The number of pyridine rings is 1. The van der Waals surface area contributed by atoms with Crippen LogP contribution in [0.1, 0.15) is 55.2 Å². The highest BCUT2D eigenvalue weighted by molar-refractivity contribution is 6.21. The molecular formula is C18H14N2O4. The van der Waals surface area contributed by atoms with E-state index < -0.39 is 17.8 Å². The fourth-order valence-electron chi connectivity index (χ4n) is 3.11. The second-order valence-electron chi connectivity index (χ2n) is 5.87. The van der Waals surface area contributed by atoms with Gasteiger partial charge in [-0.25, -0.2) is 9.78 Å². The molecule has 4 rings (SSSR count). The van der Waals surface area contributed by atoms with Crippen molar-refractivity contribution >= 4 is 17.8 Å². The Morgan fingerprint density at radius 2 is 1.62 bits per heavy atom. The predicted octanol–water partition coefficient (Wildman–Crippen LogP) is 2.33. The SMILES string of the molecule is O=C(ON1C(=O)c2ccccc2C1=O)c1cc2c(cn1)CCCC2. The van der Waals surface area contributed by atoms with Gasteiger partial charge in [-0.2, -0.15) is 0 Å². The van der Waals surface area contributed by atoms with Gasteiger partial charge in [-0.05, 0) is 55.0 Å². The molecule has 2 heterocycles. The number of rotatable bonds is 2. The van der Waals surface area contributed by atoms with E-state index in [9.17, 15) is 14.4 Å². The summed E-state index contributed by atoms with van der Waals surface area (Å²) in [5, 5.41) is 0.508. The molecule has 0 N–H and O–H groups in total. The van der Waals surface area contributed by atoms with Gasteiger partial charge in [0.1, 0.15) is 0 Å². The topological polar surface area (TPSA) is 76.6 Å². The van der Waals surface area contributed by atoms with Crippen molar-refractivity contribution in [2.45, 2.75) is 25.7 Å². The Balaban J connectivity index is 1.57. The minimum Gasteiger partial charge on any atom is -0.323 e. The standard InChI is InChI=1S/C18H14N2O4/c21-16-13-7-3-4-8-14(13)17(22)20(16)24-18(23)15-9-11-5-1-2-6-12(11)10-19-15/h3-4,7-10H,1-2,5-6H2. The van der Waals surface area contributed by atoms with Crippen LogP contribution in [0.15, 0.2) is 36.5 Å². The average Bonchev–Trinajstić information content (AvgIpc) is 2.86. The largest absolute Gasteiger partial charge is 0.382 e. The summed E-state index contributed by atoms with van der Waals surface area (Å²) in [7, 11) is 0. The number of hydroxylamine groups is 2. The van der Waals surface area contributed by atoms with Gasteiger partial charge < -0.3 is 4.84 Å². The van der Waals surface area contributed by atoms with Gasteiger partial charge in [-0.1, -0.05) is 17.2 Å². The van der Waals surface area contributed by atoms with E-state index in [1.165, 1.54) is 12.1 Å². The number of aromatic nitrogens is 1. The minimum absolute atomic E-state index is 0.104. The highest BCUT2D eigenvalue weighted by atomic mass is 16.7. The van der Waals surface area contributed by atoms with Crippen LogP contribution in [0.4, 0.5) is 0 Å². The van der Waals surface area contributed by atoms with Crippen LogP contribution in [-0.2, 0) is 17.7 Å². The lowest BCUT2D eigenvalue weighted by molar-refractivity contribution is -0.0588. The summed E-state index contributed by atoms with van der Waals surface area (Å²) in [5.41, 5.74) is 2.78. The maximum absolute atomic E-state index is 12.3. The molecule has 120 valence electrons. The van der Waals surface area contributed by atoms with Crippen LogP contribution in [0.5, 0.6) is 0 Å². The third-order valence-corrected chi connectivity index (χ3v) is 4.37. The zero-order valence-corrected chi connectivity index (χ0v) is 12.8.